The van der Waals surface area contributed by atoms with E-state index >= 15 is 0 Å². The predicted octanol–water partition coefficient (Wildman–Crippen LogP) is 4.18. The molecule has 0 fully saturated rings. The highest BCUT2D eigenvalue weighted by molar-refractivity contribution is 7.90. The number of benzene rings is 3. The van der Waals surface area contributed by atoms with E-state index in [1.165, 1.54) is 12.1 Å². The molecule has 172 valence electrons. The van der Waals surface area contributed by atoms with Crippen LogP contribution in [0, 0.1) is 13.8 Å². The maximum absolute atomic E-state index is 12.2. The summed E-state index contributed by atoms with van der Waals surface area (Å²) in [5.74, 6) is 0. The summed E-state index contributed by atoms with van der Waals surface area (Å²) in [5, 5.41) is 8.05. The zero-order valence-electron chi connectivity index (χ0n) is 18.4. The van der Waals surface area contributed by atoms with Crippen molar-refractivity contribution in [2.75, 3.05) is 17.2 Å². The molecular formula is C24H26N4O4S. The molecule has 0 heterocycles. The van der Waals surface area contributed by atoms with Crippen LogP contribution in [0.5, 0.6) is 0 Å². The van der Waals surface area contributed by atoms with Crippen LogP contribution in [0.3, 0.4) is 0 Å². The third-order valence-electron chi connectivity index (χ3n) is 4.78. The van der Waals surface area contributed by atoms with Gasteiger partial charge in [0.25, 0.3) is 10.0 Å². The van der Waals surface area contributed by atoms with E-state index in [0.717, 1.165) is 16.7 Å². The number of amides is 4. The maximum atomic E-state index is 12.2. The summed E-state index contributed by atoms with van der Waals surface area (Å²) >= 11 is 0. The molecule has 0 saturated heterocycles. The first-order valence-electron chi connectivity index (χ1n) is 10.3. The minimum atomic E-state index is -3.92. The lowest BCUT2D eigenvalue weighted by molar-refractivity contribution is 0.246. The first-order valence-corrected chi connectivity index (χ1v) is 11.8. The largest absolute Gasteiger partial charge is 0.337 e. The molecule has 0 atom stereocenters. The lowest BCUT2D eigenvalue weighted by Gasteiger charge is -2.10. The van der Waals surface area contributed by atoms with E-state index in [0.29, 0.717) is 17.8 Å². The van der Waals surface area contributed by atoms with Crippen molar-refractivity contribution in [3.8, 4) is 0 Å². The summed E-state index contributed by atoms with van der Waals surface area (Å²) in [5.41, 5.74) is 4.27. The molecule has 9 heteroatoms. The van der Waals surface area contributed by atoms with Gasteiger partial charge in [0.2, 0.25) is 0 Å². The van der Waals surface area contributed by atoms with Gasteiger partial charge in [-0.3, -0.25) is 0 Å². The monoisotopic (exact) mass is 466 g/mol. The van der Waals surface area contributed by atoms with Crippen molar-refractivity contribution in [1.82, 2.24) is 10.0 Å². The zero-order valence-corrected chi connectivity index (χ0v) is 19.2. The van der Waals surface area contributed by atoms with Crippen molar-refractivity contribution in [3.05, 3.63) is 89.5 Å². The summed E-state index contributed by atoms with van der Waals surface area (Å²) in [7, 11) is -3.92. The summed E-state index contributed by atoms with van der Waals surface area (Å²) in [4.78, 5) is 24.1. The van der Waals surface area contributed by atoms with Gasteiger partial charge < -0.3 is 16.0 Å². The topological polar surface area (TPSA) is 116 Å². The molecule has 3 aromatic carbocycles. The lowest BCUT2D eigenvalue weighted by atomic mass is 10.1. The first kappa shape index (κ1) is 23.8. The van der Waals surface area contributed by atoms with Crippen LogP contribution in [-0.4, -0.2) is 27.0 Å². The molecule has 8 nitrogen and oxygen atoms in total. The molecule has 0 bridgehead atoms. The smallest absolute Gasteiger partial charge is 0.328 e. The minimum Gasteiger partial charge on any atom is -0.337 e. The highest BCUT2D eigenvalue weighted by Gasteiger charge is 2.16. The fourth-order valence-electron chi connectivity index (χ4n) is 2.94. The molecule has 3 rings (SSSR count). The van der Waals surface area contributed by atoms with E-state index in [4.69, 9.17) is 0 Å². The molecule has 0 aromatic heterocycles. The number of rotatable bonds is 7. The molecule has 0 aliphatic carbocycles. The number of hydrogen-bond donors (Lipinski definition) is 4. The number of aryl methyl sites for hydroxylation is 2. The van der Waals surface area contributed by atoms with Crippen LogP contribution >= 0.6 is 0 Å². The van der Waals surface area contributed by atoms with E-state index in [1.54, 1.807) is 24.3 Å². The van der Waals surface area contributed by atoms with Gasteiger partial charge in [-0.15, -0.1) is 0 Å². The van der Waals surface area contributed by atoms with Crippen LogP contribution in [0.1, 0.15) is 16.7 Å². The van der Waals surface area contributed by atoms with Gasteiger partial charge in [-0.25, -0.2) is 22.7 Å². The van der Waals surface area contributed by atoms with E-state index in [9.17, 15) is 18.0 Å². The molecule has 4 amide bonds. The van der Waals surface area contributed by atoms with Crippen LogP contribution in [-0.2, 0) is 16.4 Å². The second-order valence-electron chi connectivity index (χ2n) is 7.57. The average molecular weight is 467 g/mol. The molecule has 0 aliphatic heterocycles. The number of anilines is 2. The average Bonchev–Trinajstić information content (AvgIpc) is 2.76. The molecule has 0 aliphatic rings. The Morgan fingerprint density at radius 1 is 0.697 bits per heavy atom. The Hall–Kier alpha value is -3.85. The Bertz CT molecular complexity index is 1210. The zero-order chi connectivity index (χ0) is 23.8. The Morgan fingerprint density at radius 2 is 1.18 bits per heavy atom. The third-order valence-corrected chi connectivity index (χ3v) is 6.13. The van der Waals surface area contributed by atoms with E-state index < -0.39 is 16.1 Å². The van der Waals surface area contributed by atoms with Crippen molar-refractivity contribution in [2.45, 2.75) is 25.2 Å². The molecule has 4 N–H and O–H groups in total. The molecule has 33 heavy (non-hydrogen) atoms. The Morgan fingerprint density at radius 3 is 1.73 bits per heavy atom. The van der Waals surface area contributed by atoms with Crippen LogP contribution < -0.4 is 20.7 Å². The summed E-state index contributed by atoms with van der Waals surface area (Å²) in [6, 6.07) is 19.7. The van der Waals surface area contributed by atoms with Gasteiger partial charge in [0.15, 0.2) is 0 Å². The maximum Gasteiger partial charge on any atom is 0.328 e. The van der Waals surface area contributed by atoms with E-state index in [-0.39, 0.29) is 17.5 Å². The van der Waals surface area contributed by atoms with Gasteiger partial charge in [0, 0.05) is 17.9 Å². The van der Waals surface area contributed by atoms with Gasteiger partial charge >= 0.3 is 12.1 Å². The van der Waals surface area contributed by atoms with Crippen LogP contribution in [0.2, 0.25) is 0 Å². The number of nitrogens with one attached hydrogen (secondary N) is 4. The number of carbonyl (C=O) groups is 2. The molecular weight excluding hydrogens is 440 g/mol. The van der Waals surface area contributed by atoms with Gasteiger partial charge in [0.05, 0.1) is 4.90 Å². The Kier molecular flexibility index (Phi) is 7.68. The van der Waals surface area contributed by atoms with Crippen molar-refractivity contribution < 1.29 is 18.0 Å². The van der Waals surface area contributed by atoms with Gasteiger partial charge in [-0.2, -0.15) is 0 Å². The van der Waals surface area contributed by atoms with E-state index in [2.05, 4.69) is 16.0 Å². The molecule has 0 unspecified atom stereocenters. The van der Waals surface area contributed by atoms with E-state index in [1.807, 2.05) is 55.0 Å². The third kappa shape index (κ3) is 7.36. The number of carbonyl (C=O) groups excluding carboxylic acids is 2. The van der Waals surface area contributed by atoms with Gasteiger partial charge in [0.1, 0.15) is 0 Å². The lowest BCUT2D eigenvalue weighted by Crippen LogP contribution is -2.40. The quantitative estimate of drug-likeness (QED) is 0.418. The SMILES string of the molecule is Cc1ccc(NC(=O)Nc2ccc(CCNC(=O)NS(=O)(=O)c3ccc(C)cc3)cc2)cc1. The standard InChI is InChI=1S/C24H26N4O4S/c1-17-3-9-20(10-4-17)26-24(30)27-21-11-7-19(8-12-21)15-16-25-23(29)28-33(31,32)22-13-5-18(2)6-14-22/h3-14H,15-16H2,1-2H3,(H2,25,28,29)(H2,26,27,30). The number of hydrogen-bond acceptors (Lipinski definition) is 4. The van der Waals surface area contributed by atoms with Crippen molar-refractivity contribution in [2.24, 2.45) is 0 Å². The van der Waals surface area contributed by atoms with Crippen LogP contribution in [0.15, 0.2) is 77.7 Å². The Labute approximate surface area is 193 Å². The fourth-order valence-corrected chi connectivity index (χ4v) is 3.87. The van der Waals surface area contributed by atoms with Gasteiger partial charge in [-0.1, -0.05) is 47.5 Å². The summed E-state index contributed by atoms with van der Waals surface area (Å²) in [6.07, 6.45) is 0.494. The Balaban J connectivity index is 1.43. The highest BCUT2D eigenvalue weighted by atomic mass is 32.2. The van der Waals surface area contributed by atoms with Crippen LogP contribution in [0.4, 0.5) is 21.0 Å². The first-order chi connectivity index (χ1) is 15.7. The molecule has 0 spiro atoms. The fraction of sp³-hybridized carbons (Fsp3) is 0.167. The summed E-state index contributed by atoms with van der Waals surface area (Å²) < 4.78 is 26.5. The molecule has 0 saturated carbocycles. The van der Waals surface area contributed by atoms with Crippen molar-refractivity contribution in [1.29, 1.82) is 0 Å². The number of urea groups is 2. The molecule has 3 aromatic rings. The van der Waals surface area contributed by atoms with Gasteiger partial charge in [-0.05, 0) is 62.2 Å². The normalized spacial score (nSPS) is 10.8. The van der Waals surface area contributed by atoms with Crippen molar-refractivity contribution >= 4 is 33.5 Å². The van der Waals surface area contributed by atoms with Crippen molar-refractivity contribution in [3.63, 3.8) is 0 Å². The second-order valence-corrected chi connectivity index (χ2v) is 9.25. The second kappa shape index (κ2) is 10.6. The van der Waals surface area contributed by atoms with Crippen LogP contribution in [0.25, 0.3) is 0 Å². The summed E-state index contributed by atoms with van der Waals surface area (Å²) in [6.45, 7) is 4.07. The number of sulfonamides is 1. The predicted molar refractivity (Wildman–Crippen MR) is 129 cm³/mol. The molecule has 0 radical (unpaired) electrons. The highest BCUT2D eigenvalue weighted by Crippen LogP contribution is 2.13. The minimum absolute atomic E-state index is 0.0257.